The van der Waals surface area contributed by atoms with E-state index < -0.39 is 6.04 Å². The number of nitrogen functional groups attached to an aromatic ring is 1. The van der Waals surface area contributed by atoms with Crippen LogP contribution < -0.4 is 11.1 Å². The van der Waals surface area contributed by atoms with E-state index in [4.69, 9.17) is 10.5 Å². The van der Waals surface area contributed by atoms with Gasteiger partial charge in [0.25, 0.3) is 0 Å². The minimum Gasteiger partial charge on any atom is -0.399 e. The van der Waals surface area contributed by atoms with Crippen LogP contribution in [-0.2, 0) is 16.0 Å². The van der Waals surface area contributed by atoms with Crippen molar-refractivity contribution >= 4 is 36.4 Å². The van der Waals surface area contributed by atoms with Crippen LogP contribution in [0, 0.1) is 5.82 Å². The van der Waals surface area contributed by atoms with Crippen molar-refractivity contribution in [1.82, 2.24) is 10.2 Å². The van der Waals surface area contributed by atoms with Gasteiger partial charge in [0.05, 0.1) is 19.3 Å². The normalized spacial score (nSPS) is 19.6. The molecule has 4 rings (SSSR count). The topological polar surface area (TPSA) is 67.6 Å². The summed E-state index contributed by atoms with van der Waals surface area (Å²) in [5.41, 5.74) is 9.68. The quantitative estimate of drug-likeness (QED) is 0.687. The average Bonchev–Trinajstić information content (AvgIpc) is 2.69. The van der Waals surface area contributed by atoms with Gasteiger partial charge in [-0.05, 0) is 60.2 Å². The highest BCUT2D eigenvalue weighted by molar-refractivity contribution is 5.85. The highest BCUT2D eigenvalue weighted by atomic mass is 35.5. The number of carbonyl (C=O) groups excluding carboxylic acids is 1. The van der Waals surface area contributed by atoms with E-state index in [1.807, 2.05) is 24.3 Å². The monoisotopic (exact) mass is 455 g/mol. The molecule has 2 aliphatic rings. The molecular weight excluding hydrogens is 428 g/mol. The number of morpholine rings is 1. The summed E-state index contributed by atoms with van der Waals surface area (Å²) in [5, 5.41) is 3.23. The summed E-state index contributed by atoms with van der Waals surface area (Å²) in [7, 11) is 0. The summed E-state index contributed by atoms with van der Waals surface area (Å²) in [5.74, 6) is -0.427. The molecule has 164 valence electrons. The predicted octanol–water partition coefficient (Wildman–Crippen LogP) is 3.82. The summed E-state index contributed by atoms with van der Waals surface area (Å²) < 4.78 is 19.3. The molecule has 0 saturated carbocycles. The fourth-order valence-electron chi connectivity index (χ4n) is 4.28. The number of nitrogens with zero attached hydrogens (tertiary/aromatic N) is 1. The smallest absolute Gasteiger partial charge is 0.242 e. The Morgan fingerprint density at radius 2 is 1.93 bits per heavy atom. The molecule has 2 atom stereocenters. The molecule has 1 fully saturated rings. The van der Waals surface area contributed by atoms with Crippen molar-refractivity contribution in [2.75, 3.05) is 32.0 Å². The number of fused-ring (bicyclic) bond motifs is 1. The van der Waals surface area contributed by atoms with E-state index in [9.17, 15) is 9.18 Å². The Morgan fingerprint density at radius 1 is 1.17 bits per heavy atom. The van der Waals surface area contributed by atoms with Crippen LogP contribution in [0.3, 0.4) is 0 Å². The second kappa shape index (κ2) is 11.0. The van der Waals surface area contributed by atoms with Crippen LogP contribution in [0.2, 0.25) is 0 Å². The molecule has 3 N–H and O–H groups in total. The maximum atomic E-state index is 13.9. The van der Waals surface area contributed by atoms with Crippen LogP contribution in [0.15, 0.2) is 42.5 Å². The maximum Gasteiger partial charge on any atom is 0.242 e. The molecule has 1 aliphatic carbocycles. The zero-order valence-electron chi connectivity index (χ0n) is 16.7. The van der Waals surface area contributed by atoms with Crippen LogP contribution in [0.4, 0.5) is 10.1 Å². The molecule has 2 aromatic carbocycles. The third kappa shape index (κ3) is 5.43. The van der Waals surface area contributed by atoms with Gasteiger partial charge in [-0.3, -0.25) is 9.69 Å². The molecule has 0 spiro atoms. The third-order valence-electron chi connectivity index (χ3n) is 5.62. The molecule has 1 saturated heterocycles. The first-order valence-electron chi connectivity index (χ1n) is 9.88. The molecule has 0 radical (unpaired) electrons. The predicted molar refractivity (Wildman–Crippen MR) is 121 cm³/mol. The molecule has 0 bridgehead atoms. The van der Waals surface area contributed by atoms with E-state index in [1.54, 1.807) is 6.07 Å². The number of aryl methyl sites for hydroxylation is 1. The Hall–Kier alpha value is -1.86. The Labute approximate surface area is 189 Å². The maximum absolute atomic E-state index is 13.9. The summed E-state index contributed by atoms with van der Waals surface area (Å²) in [6.45, 7) is 2.44. The van der Waals surface area contributed by atoms with Crippen molar-refractivity contribution in [2.45, 2.75) is 31.3 Å². The molecule has 2 aromatic rings. The van der Waals surface area contributed by atoms with E-state index in [0.717, 1.165) is 30.5 Å². The van der Waals surface area contributed by atoms with Gasteiger partial charge in [-0.2, -0.15) is 0 Å². The molecule has 1 aliphatic heterocycles. The van der Waals surface area contributed by atoms with Crippen LogP contribution >= 0.6 is 24.8 Å². The Morgan fingerprint density at radius 3 is 2.67 bits per heavy atom. The van der Waals surface area contributed by atoms with Gasteiger partial charge >= 0.3 is 0 Å². The lowest BCUT2D eigenvalue weighted by Crippen LogP contribution is -2.46. The minimum absolute atomic E-state index is 0. The number of amides is 1. The summed E-state index contributed by atoms with van der Waals surface area (Å²) in [6.07, 6.45) is 2.87. The largest absolute Gasteiger partial charge is 0.399 e. The van der Waals surface area contributed by atoms with Gasteiger partial charge in [0.1, 0.15) is 11.9 Å². The first kappa shape index (κ1) is 24.4. The third-order valence-corrected chi connectivity index (χ3v) is 5.62. The number of anilines is 1. The number of hydrogen-bond donors (Lipinski definition) is 2. The van der Waals surface area contributed by atoms with Gasteiger partial charge in [-0.25, -0.2) is 4.39 Å². The zero-order valence-corrected chi connectivity index (χ0v) is 18.3. The van der Waals surface area contributed by atoms with Gasteiger partial charge in [-0.15, -0.1) is 24.8 Å². The Kier molecular flexibility index (Phi) is 8.92. The van der Waals surface area contributed by atoms with Crippen LogP contribution in [0.5, 0.6) is 0 Å². The van der Waals surface area contributed by atoms with E-state index in [-0.39, 0.29) is 42.6 Å². The first-order valence-corrected chi connectivity index (χ1v) is 9.88. The lowest BCUT2D eigenvalue weighted by molar-refractivity contribution is -0.129. The highest BCUT2D eigenvalue weighted by Crippen LogP contribution is 2.32. The van der Waals surface area contributed by atoms with Gasteiger partial charge < -0.3 is 15.8 Å². The van der Waals surface area contributed by atoms with Crippen LogP contribution in [0.1, 0.15) is 41.6 Å². The van der Waals surface area contributed by atoms with Crippen molar-refractivity contribution in [2.24, 2.45) is 0 Å². The zero-order chi connectivity index (χ0) is 19.5. The number of nitrogens with two attached hydrogens (primary N) is 1. The van der Waals surface area contributed by atoms with Gasteiger partial charge in [0, 0.05) is 18.8 Å². The Bertz CT molecular complexity index is 862. The van der Waals surface area contributed by atoms with Gasteiger partial charge in [0.15, 0.2) is 0 Å². The lowest BCUT2D eigenvalue weighted by Gasteiger charge is -2.35. The number of benzene rings is 2. The van der Waals surface area contributed by atoms with E-state index >= 15 is 0 Å². The molecule has 1 heterocycles. The Balaban J connectivity index is 0.00000160. The van der Waals surface area contributed by atoms with Gasteiger partial charge in [0.2, 0.25) is 5.91 Å². The fourth-order valence-corrected chi connectivity index (χ4v) is 4.28. The van der Waals surface area contributed by atoms with Crippen LogP contribution in [-0.4, -0.2) is 37.1 Å². The lowest BCUT2D eigenvalue weighted by atomic mass is 9.87. The van der Waals surface area contributed by atoms with Crippen molar-refractivity contribution < 1.29 is 13.9 Å². The van der Waals surface area contributed by atoms with Gasteiger partial charge in [-0.1, -0.05) is 18.2 Å². The number of hydrogen-bond acceptors (Lipinski definition) is 4. The van der Waals surface area contributed by atoms with Crippen molar-refractivity contribution in [1.29, 1.82) is 0 Å². The van der Waals surface area contributed by atoms with Crippen LogP contribution in [0.25, 0.3) is 0 Å². The molecular formula is C22H28Cl2FN3O2. The SMILES string of the molecule is Cl.Cl.Nc1ccc2c(c1)CCCC2NC(=O)C(c1cccc(F)c1)N1CCOCC1. The summed E-state index contributed by atoms with van der Waals surface area (Å²) in [4.78, 5) is 15.4. The number of carbonyl (C=O) groups is 1. The summed E-state index contributed by atoms with van der Waals surface area (Å²) >= 11 is 0. The second-order valence-electron chi connectivity index (χ2n) is 7.52. The van der Waals surface area contributed by atoms with Crippen molar-refractivity contribution in [3.8, 4) is 0 Å². The molecule has 2 unspecified atom stereocenters. The minimum atomic E-state index is -0.529. The van der Waals surface area contributed by atoms with E-state index in [2.05, 4.69) is 10.2 Å². The second-order valence-corrected chi connectivity index (χ2v) is 7.52. The van der Waals surface area contributed by atoms with Crippen molar-refractivity contribution in [3.05, 3.63) is 65.0 Å². The summed E-state index contributed by atoms with van der Waals surface area (Å²) in [6, 6.07) is 11.7. The molecule has 1 amide bonds. The van der Waals surface area contributed by atoms with Crippen molar-refractivity contribution in [3.63, 3.8) is 0 Å². The molecule has 5 nitrogen and oxygen atoms in total. The number of rotatable bonds is 4. The van der Waals surface area contributed by atoms with E-state index in [0.29, 0.717) is 31.9 Å². The highest BCUT2D eigenvalue weighted by Gasteiger charge is 2.32. The number of halogens is 3. The van der Waals surface area contributed by atoms with E-state index in [1.165, 1.54) is 17.7 Å². The molecule has 0 aromatic heterocycles. The molecule has 30 heavy (non-hydrogen) atoms. The average molecular weight is 456 g/mol. The first-order chi connectivity index (χ1) is 13.6. The fraction of sp³-hybridized carbons (Fsp3) is 0.409. The number of ether oxygens (including phenoxy) is 1. The number of nitrogens with one attached hydrogen (secondary N) is 1. The standard InChI is InChI=1S/C22H26FN3O2.2ClH/c23-17-5-1-4-16(13-17)21(26-9-11-28-12-10-26)22(27)25-20-6-2-3-15-14-18(24)7-8-19(15)20;;/h1,4-5,7-8,13-14,20-21H,2-3,6,9-12,24H2,(H,25,27);2*1H. The molecule has 8 heteroatoms.